The van der Waals surface area contributed by atoms with Crippen LogP contribution in [0.3, 0.4) is 0 Å². The number of aromatic nitrogens is 3. The number of H-pyrrole nitrogens is 1. The molecule has 0 spiro atoms. The SMILES string of the molecule is COc1ccc(-n2c(SCC(=O)c3cc(C)[nH]c3C)nc3ccccc3c2=O)cc1Cl. The predicted molar refractivity (Wildman–Crippen MR) is 124 cm³/mol. The van der Waals surface area contributed by atoms with Gasteiger partial charge in [-0.25, -0.2) is 4.98 Å². The maximum absolute atomic E-state index is 13.3. The molecule has 6 nitrogen and oxygen atoms in total. The van der Waals surface area contributed by atoms with Crippen molar-refractivity contribution < 1.29 is 9.53 Å². The lowest BCUT2D eigenvalue weighted by Crippen LogP contribution is -2.22. The van der Waals surface area contributed by atoms with Crippen LogP contribution in [0.2, 0.25) is 5.02 Å². The Kier molecular flexibility index (Phi) is 5.89. The Hall–Kier alpha value is -3.03. The van der Waals surface area contributed by atoms with Gasteiger partial charge in [0.2, 0.25) is 0 Å². The number of methoxy groups -OCH3 is 1. The summed E-state index contributed by atoms with van der Waals surface area (Å²) in [5.41, 5.74) is 3.31. The molecule has 4 rings (SSSR count). The molecule has 158 valence electrons. The van der Waals surface area contributed by atoms with E-state index in [2.05, 4.69) is 9.97 Å². The maximum atomic E-state index is 13.3. The summed E-state index contributed by atoms with van der Waals surface area (Å²) in [4.78, 5) is 33.9. The fourth-order valence-electron chi connectivity index (χ4n) is 3.45. The highest BCUT2D eigenvalue weighted by atomic mass is 35.5. The molecule has 31 heavy (non-hydrogen) atoms. The van der Waals surface area contributed by atoms with Gasteiger partial charge < -0.3 is 9.72 Å². The van der Waals surface area contributed by atoms with Crippen LogP contribution in [-0.2, 0) is 0 Å². The predicted octanol–water partition coefficient (Wildman–Crippen LogP) is 4.97. The number of aromatic amines is 1. The molecule has 2 heterocycles. The van der Waals surface area contributed by atoms with Gasteiger partial charge in [-0.05, 0) is 50.2 Å². The summed E-state index contributed by atoms with van der Waals surface area (Å²) in [6.07, 6.45) is 0. The Morgan fingerprint density at radius 3 is 2.65 bits per heavy atom. The quantitative estimate of drug-likeness (QED) is 0.253. The van der Waals surface area contributed by atoms with Gasteiger partial charge in [0, 0.05) is 17.0 Å². The van der Waals surface area contributed by atoms with E-state index in [0.29, 0.717) is 38.1 Å². The molecule has 0 atom stereocenters. The molecule has 0 amide bonds. The van der Waals surface area contributed by atoms with E-state index in [1.807, 2.05) is 26.0 Å². The number of hydrogen-bond acceptors (Lipinski definition) is 5. The lowest BCUT2D eigenvalue weighted by molar-refractivity contribution is 0.102. The first-order chi connectivity index (χ1) is 14.9. The number of fused-ring (bicyclic) bond motifs is 1. The Labute approximate surface area is 188 Å². The second-order valence-corrected chi connectivity index (χ2v) is 8.42. The number of carbonyl (C=O) groups is 1. The smallest absolute Gasteiger partial charge is 0.266 e. The van der Waals surface area contributed by atoms with Gasteiger partial charge in [0.1, 0.15) is 5.75 Å². The van der Waals surface area contributed by atoms with Gasteiger partial charge in [0.05, 0.1) is 34.5 Å². The van der Waals surface area contributed by atoms with Crippen molar-refractivity contribution in [2.45, 2.75) is 19.0 Å². The summed E-state index contributed by atoms with van der Waals surface area (Å²) < 4.78 is 6.71. The van der Waals surface area contributed by atoms with Crippen molar-refractivity contribution in [3.05, 3.63) is 80.9 Å². The van der Waals surface area contributed by atoms with Crippen LogP contribution < -0.4 is 10.3 Å². The summed E-state index contributed by atoms with van der Waals surface area (Å²) in [6, 6.07) is 14.1. The largest absolute Gasteiger partial charge is 0.495 e. The van der Waals surface area contributed by atoms with Crippen molar-refractivity contribution >= 4 is 40.0 Å². The van der Waals surface area contributed by atoms with Crippen molar-refractivity contribution in [1.82, 2.24) is 14.5 Å². The number of nitrogens with one attached hydrogen (secondary N) is 1. The van der Waals surface area contributed by atoms with Gasteiger partial charge in [-0.1, -0.05) is 35.5 Å². The van der Waals surface area contributed by atoms with Gasteiger partial charge in [-0.3, -0.25) is 14.2 Å². The topological polar surface area (TPSA) is 77.0 Å². The van der Waals surface area contributed by atoms with Gasteiger partial charge >= 0.3 is 0 Å². The summed E-state index contributed by atoms with van der Waals surface area (Å²) >= 11 is 7.53. The normalized spacial score (nSPS) is 11.1. The Bertz CT molecular complexity index is 1360. The van der Waals surface area contributed by atoms with Crippen LogP contribution >= 0.6 is 23.4 Å². The van der Waals surface area contributed by atoms with E-state index in [1.165, 1.54) is 23.4 Å². The summed E-state index contributed by atoms with van der Waals surface area (Å²) in [6.45, 7) is 3.78. The number of benzene rings is 2. The number of halogens is 1. The molecular formula is C23H20ClN3O3S. The van der Waals surface area contributed by atoms with Gasteiger partial charge in [-0.2, -0.15) is 0 Å². The van der Waals surface area contributed by atoms with E-state index in [-0.39, 0.29) is 17.1 Å². The standard InChI is InChI=1S/C23H20ClN3O3S/c1-13-10-17(14(2)25-13)20(28)12-31-23-26-19-7-5-4-6-16(19)22(29)27(23)15-8-9-21(30-3)18(24)11-15/h4-11,25H,12H2,1-3H3. The molecule has 0 aliphatic heterocycles. The highest BCUT2D eigenvalue weighted by Crippen LogP contribution is 2.29. The first-order valence-electron chi connectivity index (χ1n) is 9.57. The Morgan fingerprint density at radius 1 is 1.19 bits per heavy atom. The van der Waals surface area contributed by atoms with E-state index in [0.717, 1.165) is 11.4 Å². The summed E-state index contributed by atoms with van der Waals surface area (Å²) in [5, 5.41) is 1.29. The molecular weight excluding hydrogens is 434 g/mol. The molecule has 1 N–H and O–H groups in total. The average Bonchev–Trinajstić information content (AvgIpc) is 3.10. The zero-order chi connectivity index (χ0) is 22.1. The molecule has 0 saturated heterocycles. The van der Waals surface area contributed by atoms with E-state index in [4.69, 9.17) is 16.3 Å². The van der Waals surface area contributed by atoms with Crippen LogP contribution in [0, 0.1) is 13.8 Å². The summed E-state index contributed by atoms with van der Waals surface area (Å²) in [7, 11) is 1.53. The van der Waals surface area contributed by atoms with Crippen LogP contribution in [0.25, 0.3) is 16.6 Å². The van der Waals surface area contributed by atoms with Crippen LogP contribution in [0.5, 0.6) is 5.75 Å². The molecule has 0 aliphatic rings. The Balaban J connectivity index is 1.79. The van der Waals surface area contributed by atoms with Crippen LogP contribution in [-0.4, -0.2) is 33.2 Å². The fourth-order valence-corrected chi connectivity index (χ4v) is 4.60. The second-order valence-electron chi connectivity index (χ2n) is 7.07. The first-order valence-corrected chi connectivity index (χ1v) is 10.9. The first kappa shape index (κ1) is 21.2. The monoisotopic (exact) mass is 453 g/mol. The zero-order valence-corrected chi connectivity index (χ0v) is 18.8. The third-order valence-electron chi connectivity index (χ3n) is 4.92. The Morgan fingerprint density at radius 2 is 1.97 bits per heavy atom. The van der Waals surface area contributed by atoms with Gasteiger partial charge in [0.25, 0.3) is 5.56 Å². The summed E-state index contributed by atoms with van der Waals surface area (Å²) in [5.74, 6) is 0.621. The molecule has 8 heteroatoms. The van der Waals surface area contributed by atoms with Crippen molar-refractivity contribution in [1.29, 1.82) is 0 Å². The van der Waals surface area contributed by atoms with Crippen LogP contribution in [0.15, 0.2) is 58.5 Å². The molecule has 0 unspecified atom stereocenters. The van der Waals surface area contributed by atoms with Gasteiger partial charge in [-0.15, -0.1) is 0 Å². The number of ether oxygens (including phenoxy) is 1. The lowest BCUT2D eigenvalue weighted by Gasteiger charge is -2.14. The molecule has 0 fully saturated rings. The third-order valence-corrected chi connectivity index (χ3v) is 6.15. The third kappa shape index (κ3) is 4.11. The lowest BCUT2D eigenvalue weighted by atomic mass is 10.2. The van der Waals surface area contributed by atoms with Crippen molar-refractivity contribution in [3.63, 3.8) is 0 Å². The number of hydrogen-bond donors (Lipinski definition) is 1. The minimum absolute atomic E-state index is 0.0337. The van der Waals surface area contributed by atoms with Crippen molar-refractivity contribution in [2.75, 3.05) is 12.9 Å². The molecule has 0 radical (unpaired) electrons. The van der Waals surface area contributed by atoms with Crippen molar-refractivity contribution in [3.8, 4) is 11.4 Å². The van der Waals surface area contributed by atoms with Crippen LogP contribution in [0.1, 0.15) is 21.7 Å². The van der Waals surface area contributed by atoms with Crippen molar-refractivity contribution in [2.24, 2.45) is 0 Å². The highest BCUT2D eigenvalue weighted by molar-refractivity contribution is 7.99. The number of ketones is 1. The fraction of sp³-hybridized carbons (Fsp3) is 0.174. The number of aryl methyl sites for hydroxylation is 2. The number of Topliss-reactive ketones (excluding diaryl/α,β-unsaturated/α-hetero) is 1. The zero-order valence-electron chi connectivity index (χ0n) is 17.2. The highest BCUT2D eigenvalue weighted by Gasteiger charge is 2.18. The van der Waals surface area contributed by atoms with E-state index in [1.54, 1.807) is 36.4 Å². The van der Waals surface area contributed by atoms with E-state index >= 15 is 0 Å². The number of rotatable bonds is 6. The van der Waals surface area contributed by atoms with Gasteiger partial charge in [0.15, 0.2) is 10.9 Å². The minimum atomic E-state index is -0.226. The number of para-hydroxylation sites is 1. The molecule has 0 bridgehead atoms. The van der Waals surface area contributed by atoms with E-state index in [9.17, 15) is 9.59 Å². The molecule has 2 aromatic carbocycles. The molecule has 4 aromatic rings. The van der Waals surface area contributed by atoms with E-state index < -0.39 is 0 Å². The average molecular weight is 454 g/mol. The minimum Gasteiger partial charge on any atom is -0.495 e. The van der Waals surface area contributed by atoms with Crippen LogP contribution in [0.4, 0.5) is 0 Å². The molecule has 0 saturated carbocycles. The number of carbonyl (C=O) groups excluding carboxylic acids is 1. The molecule has 2 aromatic heterocycles. The maximum Gasteiger partial charge on any atom is 0.266 e. The second kappa shape index (κ2) is 8.61. The number of nitrogens with zero attached hydrogens (tertiary/aromatic N) is 2. The molecule has 0 aliphatic carbocycles. The number of thioether (sulfide) groups is 1.